The summed E-state index contributed by atoms with van der Waals surface area (Å²) in [6.45, 7) is 5.68. The van der Waals surface area contributed by atoms with Crippen molar-refractivity contribution in [3.63, 3.8) is 0 Å². The first-order valence-electron chi connectivity index (χ1n) is 4.87. The van der Waals surface area contributed by atoms with Gasteiger partial charge in [0.05, 0.1) is 0 Å². The monoisotopic (exact) mass is 413 g/mol. The third-order valence-electron chi connectivity index (χ3n) is 1.93. The van der Waals surface area contributed by atoms with Gasteiger partial charge in [-0.3, -0.25) is 0 Å². The average molecular weight is 413 g/mol. The van der Waals surface area contributed by atoms with Gasteiger partial charge in [-0.25, -0.2) is 9.59 Å². The molecule has 7 heteroatoms. The number of carboxylic acids is 2. The van der Waals surface area contributed by atoms with Crippen molar-refractivity contribution in [3.05, 3.63) is 0 Å². The Morgan fingerprint density at radius 3 is 1.88 bits per heavy atom. The van der Waals surface area contributed by atoms with Crippen molar-refractivity contribution in [1.29, 1.82) is 0 Å². The van der Waals surface area contributed by atoms with E-state index < -0.39 is 11.9 Å². The number of hydrogen-bond donors (Lipinski definition) is 3. The molecule has 1 heterocycles. The van der Waals surface area contributed by atoms with Crippen LogP contribution in [0.2, 0.25) is 0 Å². The third-order valence-corrected chi connectivity index (χ3v) is 1.93. The molecule has 0 radical (unpaired) electrons. The van der Waals surface area contributed by atoms with Crippen molar-refractivity contribution in [2.45, 2.75) is 25.8 Å². The van der Waals surface area contributed by atoms with Gasteiger partial charge in [0.1, 0.15) is 0 Å². The third kappa shape index (κ3) is 10.1. The molecular weight excluding hydrogens is 395 g/mol. The van der Waals surface area contributed by atoms with Crippen LogP contribution in [0.15, 0.2) is 0 Å². The van der Waals surface area contributed by atoms with Gasteiger partial charge in [0.2, 0.25) is 0 Å². The summed E-state index contributed by atoms with van der Waals surface area (Å²) in [5.74, 6) is -3.65. The largest absolute Gasteiger partial charge is 0.473 e. The standard InChI is InChI=1S/C7H16N2.C2H2O4.Pt/c1-7(8)6-9-4-2-3-5-9;3-1(4)2(5)6;/h7H,2-6,8H2,1H3;(H,3,4)(H,5,6);. The molecule has 16 heavy (non-hydrogen) atoms. The molecular formula is C9H18N2O4Pt. The molecule has 1 saturated heterocycles. The van der Waals surface area contributed by atoms with Gasteiger partial charge in [-0.15, -0.1) is 0 Å². The molecule has 1 aliphatic rings. The minimum absolute atomic E-state index is 0. The Balaban J connectivity index is 0. The quantitative estimate of drug-likeness (QED) is 0.532. The number of likely N-dealkylation sites (tertiary alicyclic amines) is 1. The maximum absolute atomic E-state index is 9.10. The zero-order valence-electron chi connectivity index (χ0n) is 9.16. The van der Waals surface area contributed by atoms with Crippen LogP contribution in [0.1, 0.15) is 19.8 Å². The van der Waals surface area contributed by atoms with Crippen LogP contribution >= 0.6 is 0 Å². The van der Waals surface area contributed by atoms with Gasteiger partial charge in [0.25, 0.3) is 0 Å². The van der Waals surface area contributed by atoms with Gasteiger partial charge < -0.3 is 20.8 Å². The van der Waals surface area contributed by atoms with Gasteiger partial charge >= 0.3 is 11.9 Å². The topological polar surface area (TPSA) is 104 Å². The molecule has 0 aliphatic carbocycles. The first-order chi connectivity index (χ1) is 6.93. The summed E-state index contributed by atoms with van der Waals surface area (Å²) < 4.78 is 0. The van der Waals surface area contributed by atoms with E-state index in [0.717, 1.165) is 6.54 Å². The van der Waals surface area contributed by atoms with Crippen LogP contribution in [0.25, 0.3) is 0 Å². The fourth-order valence-electron chi connectivity index (χ4n) is 1.37. The molecule has 1 aliphatic heterocycles. The molecule has 1 fully saturated rings. The number of rotatable bonds is 2. The molecule has 1 rings (SSSR count). The number of carbonyl (C=O) groups is 2. The number of nitrogens with two attached hydrogens (primary N) is 1. The van der Waals surface area contributed by atoms with Crippen LogP contribution in [0.3, 0.4) is 0 Å². The van der Waals surface area contributed by atoms with Crippen molar-refractivity contribution >= 4 is 11.9 Å². The van der Waals surface area contributed by atoms with Crippen molar-refractivity contribution < 1.29 is 40.9 Å². The van der Waals surface area contributed by atoms with Crippen LogP contribution < -0.4 is 5.73 Å². The zero-order valence-corrected chi connectivity index (χ0v) is 11.4. The smallest absolute Gasteiger partial charge is 0.414 e. The van der Waals surface area contributed by atoms with Gasteiger partial charge in [-0.1, -0.05) is 0 Å². The average Bonchev–Trinajstić information content (AvgIpc) is 2.56. The van der Waals surface area contributed by atoms with Crippen molar-refractivity contribution in [1.82, 2.24) is 4.90 Å². The Labute approximate surface area is 109 Å². The van der Waals surface area contributed by atoms with Crippen LogP contribution in [0, 0.1) is 0 Å². The first-order valence-corrected chi connectivity index (χ1v) is 4.87. The Kier molecular flexibility index (Phi) is 10.9. The molecule has 1 unspecified atom stereocenters. The summed E-state index contributed by atoms with van der Waals surface area (Å²) in [7, 11) is 0. The Morgan fingerprint density at radius 2 is 1.62 bits per heavy atom. The van der Waals surface area contributed by atoms with E-state index in [9.17, 15) is 0 Å². The fourth-order valence-corrected chi connectivity index (χ4v) is 1.37. The van der Waals surface area contributed by atoms with Gasteiger partial charge in [0, 0.05) is 33.7 Å². The van der Waals surface area contributed by atoms with Crippen molar-refractivity contribution in [2.24, 2.45) is 5.73 Å². The summed E-state index contributed by atoms with van der Waals surface area (Å²) in [6, 6.07) is 0.350. The number of hydrogen-bond acceptors (Lipinski definition) is 4. The molecule has 0 bridgehead atoms. The van der Waals surface area contributed by atoms with Gasteiger partial charge in [0.15, 0.2) is 0 Å². The van der Waals surface area contributed by atoms with Crippen LogP contribution in [0.5, 0.6) is 0 Å². The summed E-state index contributed by atoms with van der Waals surface area (Å²) in [4.78, 5) is 20.6. The number of nitrogens with zero attached hydrogens (tertiary/aromatic N) is 1. The molecule has 0 aromatic heterocycles. The molecule has 6 nitrogen and oxygen atoms in total. The molecule has 0 amide bonds. The Bertz CT molecular complexity index is 206. The summed E-state index contributed by atoms with van der Waals surface area (Å²) >= 11 is 0. The fraction of sp³-hybridized carbons (Fsp3) is 0.778. The van der Waals surface area contributed by atoms with E-state index in [1.54, 1.807) is 0 Å². The second-order valence-electron chi connectivity index (χ2n) is 3.60. The van der Waals surface area contributed by atoms with Crippen molar-refractivity contribution in [3.8, 4) is 0 Å². The van der Waals surface area contributed by atoms with Gasteiger partial charge in [-0.05, 0) is 32.9 Å². The molecule has 98 valence electrons. The molecule has 0 aromatic rings. The minimum Gasteiger partial charge on any atom is -0.473 e. The summed E-state index contributed by atoms with van der Waals surface area (Å²) in [6.07, 6.45) is 2.74. The van der Waals surface area contributed by atoms with E-state index in [2.05, 4.69) is 11.8 Å². The Hall–Kier alpha value is -0.452. The maximum atomic E-state index is 9.10. The van der Waals surface area contributed by atoms with E-state index in [1.807, 2.05) is 0 Å². The van der Waals surface area contributed by atoms with Crippen LogP contribution in [-0.4, -0.2) is 52.7 Å². The summed E-state index contributed by atoms with van der Waals surface area (Å²) in [5, 5.41) is 14.8. The predicted molar refractivity (Wildman–Crippen MR) is 54.6 cm³/mol. The summed E-state index contributed by atoms with van der Waals surface area (Å²) in [5.41, 5.74) is 5.63. The van der Waals surface area contributed by atoms with E-state index >= 15 is 0 Å². The predicted octanol–water partition coefficient (Wildman–Crippen LogP) is -0.417. The second-order valence-corrected chi connectivity index (χ2v) is 3.60. The van der Waals surface area contributed by atoms with E-state index in [4.69, 9.17) is 25.5 Å². The molecule has 4 N–H and O–H groups in total. The van der Waals surface area contributed by atoms with Crippen LogP contribution in [0.4, 0.5) is 0 Å². The Morgan fingerprint density at radius 1 is 1.25 bits per heavy atom. The first kappa shape index (κ1) is 17.9. The SMILES string of the molecule is CC(N)CN1CCCC1.O=C(O)C(=O)O.[Pt]. The van der Waals surface area contributed by atoms with Crippen molar-refractivity contribution in [2.75, 3.05) is 19.6 Å². The number of aliphatic carboxylic acids is 2. The maximum Gasteiger partial charge on any atom is 0.414 e. The molecule has 0 saturated carbocycles. The minimum atomic E-state index is -1.82. The molecule has 0 aromatic carbocycles. The van der Waals surface area contributed by atoms with Crippen LogP contribution in [-0.2, 0) is 30.7 Å². The molecule has 0 spiro atoms. The van der Waals surface area contributed by atoms with Gasteiger partial charge in [-0.2, -0.15) is 0 Å². The second kappa shape index (κ2) is 9.75. The van der Waals surface area contributed by atoms with E-state index in [1.165, 1.54) is 25.9 Å². The normalized spacial score (nSPS) is 16.6. The van der Waals surface area contributed by atoms with E-state index in [0.29, 0.717) is 6.04 Å². The van der Waals surface area contributed by atoms with E-state index in [-0.39, 0.29) is 21.1 Å². The number of carboxylic acid groups (broad SMARTS) is 2. The molecule has 1 atom stereocenters. The zero-order chi connectivity index (χ0) is 11.8.